The van der Waals surface area contributed by atoms with Gasteiger partial charge in [-0.2, -0.15) is 0 Å². The molecule has 0 radical (unpaired) electrons. The van der Waals surface area contributed by atoms with Crippen molar-refractivity contribution in [3.63, 3.8) is 0 Å². The number of hydrogen-bond acceptors (Lipinski definition) is 7. The molecule has 1 aromatic carbocycles. The number of aromatic amines is 1. The number of nitrogen functional groups attached to an aromatic ring is 1. The molecule has 2 heterocycles. The number of hydrogen-bond donors (Lipinski definition) is 2. The first kappa shape index (κ1) is 16.7. The summed E-state index contributed by atoms with van der Waals surface area (Å²) < 4.78 is 2.66. The summed E-state index contributed by atoms with van der Waals surface area (Å²) in [4.78, 5) is 42.0. The fourth-order valence-corrected chi connectivity index (χ4v) is 4.13. The van der Waals surface area contributed by atoms with Gasteiger partial charge in [0.25, 0.3) is 5.56 Å². The summed E-state index contributed by atoms with van der Waals surface area (Å²) in [5, 5.41) is 0.588. The number of halogens is 1. The van der Waals surface area contributed by atoms with Crippen LogP contribution in [0, 0.1) is 0 Å². The highest BCUT2D eigenvalue weighted by atomic mass is 35.5. The molecule has 24 heavy (non-hydrogen) atoms. The fraction of sp³-hybridized carbons (Fsp3) is 0.143. The number of carbonyl (C=O) groups excluding carboxylic acids is 1. The van der Waals surface area contributed by atoms with E-state index < -0.39 is 17.0 Å². The second-order valence-electron chi connectivity index (χ2n) is 4.88. The van der Waals surface area contributed by atoms with Crippen LogP contribution in [-0.4, -0.2) is 26.1 Å². The number of anilines is 1. The number of thioether (sulfide) groups is 1. The number of Topliss-reactive ketones (excluding diaryl/α,β-unsaturated/α-hetero) is 1. The van der Waals surface area contributed by atoms with Crippen LogP contribution in [0.3, 0.4) is 0 Å². The third-order valence-electron chi connectivity index (χ3n) is 3.31. The van der Waals surface area contributed by atoms with Crippen LogP contribution in [0.5, 0.6) is 0 Å². The molecule has 3 aromatic rings. The summed E-state index contributed by atoms with van der Waals surface area (Å²) >= 11 is 8.55. The van der Waals surface area contributed by atoms with Crippen molar-refractivity contribution in [2.45, 2.75) is 4.34 Å². The highest BCUT2D eigenvalue weighted by Gasteiger charge is 2.19. The summed E-state index contributed by atoms with van der Waals surface area (Å²) in [6.45, 7) is 0. The number of thiazole rings is 1. The number of rotatable bonds is 4. The number of nitrogens with two attached hydrogens (primary N) is 1. The number of ketones is 1. The van der Waals surface area contributed by atoms with Gasteiger partial charge in [0, 0.05) is 12.1 Å². The number of nitrogens with one attached hydrogen (secondary N) is 1. The molecule has 0 aliphatic heterocycles. The molecule has 0 bridgehead atoms. The lowest BCUT2D eigenvalue weighted by Gasteiger charge is -2.06. The Hall–Kier alpha value is -2.10. The standard InChI is InChI=1S/C14H11ClN4O3S2/c1-19-11(16)10(12(21)18-13(19)22)8(20)5-23-14-17-7-4-6(15)2-3-9(7)24-14/h2-4H,5,16H2,1H3,(H,18,21,22). The first-order valence-corrected chi connectivity index (χ1v) is 8.85. The van der Waals surface area contributed by atoms with Crippen LogP contribution in [0.15, 0.2) is 32.1 Å². The van der Waals surface area contributed by atoms with Crippen molar-refractivity contribution in [1.29, 1.82) is 0 Å². The molecular weight excluding hydrogens is 372 g/mol. The zero-order valence-electron chi connectivity index (χ0n) is 12.3. The van der Waals surface area contributed by atoms with Crippen LogP contribution < -0.4 is 17.0 Å². The van der Waals surface area contributed by atoms with Crippen LogP contribution in [0.25, 0.3) is 10.2 Å². The molecule has 3 N–H and O–H groups in total. The van der Waals surface area contributed by atoms with E-state index in [1.54, 1.807) is 12.1 Å². The van der Waals surface area contributed by atoms with Crippen LogP contribution in [-0.2, 0) is 7.05 Å². The van der Waals surface area contributed by atoms with E-state index in [2.05, 4.69) is 9.97 Å². The van der Waals surface area contributed by atoms with Crippen LogP contribution in [0.4, 0.5) is 5.82 Å². The second kappa shape index (κ2) is 6.42. The van der Waals surface area contributed by atoms with E-state index in [0.29, 0.717) is 9.36 Å². The molecule has 0 fully saturated rings. The molecule has 0 aliphatic carbocycles. The molecule has 0 atom stereocenters. The van der Waals surface area contributed by atoms with Crippen molar-refractivity contribution < 1.29 is 4.79 Å². The number of nitrogens with zero attached hydrogens (tertiary/aromatic N) is 2. The maximum absolute atomic E-state index is 12.3. The second-order valence-corrected chi connectivity index (χ2v) is 7.57. The molecule has 0 saturated heterocycles. The van der Waals surface area contributed by atoms with Gasteiger partial charge in [0.1, 0.15) is 11.4 Å². The molecule has 0 amide bonds. The number of benzene rings is 1. The summed E-state index contributed by atoms with van der Waals surface area (Å²) in [5.74, 6) is -0.629. The van der Waals surface area contributed by atoms with Crippen molar-refractivity contribution in [3.8, 4) is 0 Å². The molecule has 0 unspecified atom stereocenters. The van der Waals surface area contributed by atoms with Crippen LogP contribution >= 0.6 is 34.7 Å². The lowest BCUT2D eigenvalue weighted by atomic mass is 10.2. The number of fused-ring (bicyclic) bond motifs is 1. The quantitative estimate of drug-likeness (QED) is 0.526. The average molecular weight is 383 g/mol. The van der Waals surface area contributed by atoms with Gasteiger partial charge in [-0.1, -0.05) is 23.4 Å². The normalized spacial score (nSPS) is 11.1. The molecule has 124 valence electrons. The van der Waals surface area contributed by atoms with E-state index in [1.807, 2.05) is 6.07 Å². The minimum atomic E-state index is -0.780. The minimum absolute atomic E-state index is 0.0148. The van der Waals surface area contributed by atoms with E-state index in [0.717, 1.165) is 14.8 Å². The molecule has 0 spiro atoms. The van der Waals surface area contributed by atoms with E-state index in [-0.39, 0.29) is 17.1 Å². The largest absolute Gasteiger partial charge is 0.384 e. The highest BCUT2D eigenvalue weighted by molar-refractivity contribution is 8.01. The first-order chi connectivity index (χ1) is 11.4. The van der Waals surface area contributed by atoms with Gasteiger partial charge in [-0.3, -0.25) is 19.1 Å². The van der Waals surface area contributed by atoms with Crippen LogP contribution in [0.2, 0.25) is 5.02 Å². The Morgan fingerprint density at radius 3 is 2.96 bits per heavy atom. The predicted octanol–water partition coefficient (Wildman–Crippen LogP) is 1.89. The minimum Gasteiger partial charge on any atom is -0.384 e. The van der Waals surface area contributed by atoms with Gasteiger partial charge in [0.2, 0.25) is 0 Å². The van der Waals surface area contributed by atoms with Gasteiger partial charge in [0.05, 0.1) is 16.0 Å². The molecule has 0 aliphatic rings. The van der Waals surface area contributed by atoms with E-state index >= 15 is 0 Å². The summed E-state index contributed by atoms with van der Waals surface area (Å²) in [6.07, 6.45) is 0. The Morgan fingerprint density at radius 2 is 2.21 bits per heavy atom. The van der Waals surface area contributed by atoms with E-state index in [1.165, 1.54) is 30.1 Å². The van der Waals surface area contributed by atoms with Crippen molar-refractivity contribution in [1.82, 2.24) is 14.5 Å². The van der Waals surface area contributed by atoms with Gasteiger partial charge >= 0.3 is 5.69 Å². The third-order valence-corrected chi connectivity index (χ3v) is 5.72. The third kappa shape index (κ3) is 3.10. The molecular formula is C14H11ClN4O3S2. The maximum Gasteiger partial charge on any atom is 0.329 e. The zero-order chi connectivity index (χ0) is 17.4. The van der Waals surface area contributed by atoms with Gasteiger partial charge < -0.3 is 5.73 Å². The van der Waals surface area contributed by atoms with E-state index in [9.17, 15) is 14.4 Å². The van der Waals surface area contributed by atoms with Crippen molar-refractivity contribution in [2.75, 3.05) is 11.5 Å². The Morgan fingerprint density at radius 1 is 1.46 bits per heavy atom. The first-order valence-electron chi connectivity index (χ1n) is 6.67. The lowest BCUT2D eigenvalue weighted by Crippen LogP contribution is -2.35. The number of carbonyl (C=O) groups is 1. The highest BCUT2D eigenvalue weighted by Crippen LogP contribution is 2.31. The monoisotopic (exact) mass is 382 g/mol. The SMILES string of the molecule is Cn1c(N)c(C(=O)CSc2nc3cc(Cl)ccc3s2)c(=O)[nH]c1=O. The Balaban J connectivity index is 1.84. The number of aromatic nitrogens is 3. The molecule has 3 rings (SSSR count). The van der Waals surface area contributed by atoms with Gasteiger partial charge in [-0.25, -0.2) is 9.78 Å². The van der Waals surface area contributed by atoms with Crippen molar-refractivity contribution in [2.24, 2.45) is 7.05 Å². The summed E-state index contributed by atoms with van der Waals surface area (Å²) in [7, 11) is 1.38. The Bertz CT molecular complexity index is 1070. The summed E-state index contributed by atoms with van der Waals surface area (Å²) in [6, 6.07) is 5.37. The summed E-state index contributed by atoms with van der Waals surface area (Å²) in [5.41, 5.74) is 4.81. The molecule has 7 nitrogen and oxygen atoms in total. The lowest BCUT2D eigenvalue weighted by molar-refractivity contribution is 0.102. The molecule has 0 saturated carbocycles. The Labute approximate surface area is 148 Å². The van der Waals surface area contributed by atoms with Crippen LogP contribution in [0.1, 0.15) is 10.4 Å². The van der Waals surface area contributed by atoms with Gasteiger partial charge in [-0.15, -0.1) is 11.3 Å². The van der Waals surface area contributed by atoms with Gasteiger partial charge in [0.15, 0.2) is 10.1 Å². The average Bonchev–Trinajstić information content (AvgIpc) is 2.92. The Kier molecular flexibility index (Phi) is 4.48. The molecule has 10 heteroatoms. The van der Waals surface area contributed by atoms with Crippen molar-refractivity contribution in [3.05, 3.63) is 49.6 Å². The zero-order valence-corrected chi connectivity index (χ0v) is 14.7. The van der Waals surface area contributed by atoms with Gasteiger partial charge in [-0.05, 0) is 18.2 Å². The smallest absolute Gasteiger partial charge is 0.329 e. The maximum atomic E-state index is 12.3. The molecule has 2 aromatic heterocycles. The van der Waals surface area contributed by atoms with Crippen molar-refractivity contribution >= 4 is 56.5 Å². The van der Waals surface area contributed by atoms with E-state index in [4.69, 9.17) is 17.3 Å². The topological polar surface area (TPSA) is 111 Å². The number of H-pyrrole nitrogens is 1. The predicted molar refractivity (Wildman–Crippen MR) is 96.4 cm³/mol. The fourth-order valence-electron chi connectivity index (χ4n) is 2.05.